The van der Waals surface area contributed by atoms with Crippen LogP contribution in [0.25, 0.3) is 0 Å². The van der Waals surface area contributed by atoms with Crippen molar-refractivity contribution in [3.05, 3.63) is 172 Å². The molecular formula is C40H35BrFN5O2. The van der Waals surface area contributed by atoms with Crippen molar-refractivity contribution in [1.82, 2.24) is 14.8 Å². The Morgan fingerprint density at radius 3 is 1.90 bits per heavy atom. The summed E-state index contributed by atoms with van der Waals surface area (Å²) in [4.78, 5) is 4.97. The Balaban J connectivity index is 1.70. The van der Waals surface area contributed by atoms with E-state index in [9.17, 15) is 5.26 Å². The van der Waals surface area contributed by atoms with Gasteiger partial charge in [0.05, 0.1) is 24.3 Å². The molecule has 0 radical (unpaired) electrons. The van der Waals surface area contributed by atoms with Crippen molar-refractivity contribution in [3.8, 4) is 17.6 Å². The fourth-order valence-corrected chi connectivity index (χ4v) is 6.46. The van der Waals surface area contributed by atoms with Crippen molar-refractivity contribution in [2.45, 2.75) is 38.5 Å². The van der Waals surface area contributed by atoms with Crippen molar-refractivity contribution < 1.29 is 13.9 Å². The van der Waals surface area contributed by atoms with Gasteiger partial charge >= 0.3 is 0 Å². The third-order valence-corrected chi connectivity index (χ3v) is 8.44. The van der Waals surface area contributed by atoms with Crippen LogP contribution in [0.5, 0.6) is 11.5 Å². The molecule has 0 fully saturated rings. The number of nitrogens with zero attached hydrogens (tertiary/aromatic N) is 4. The van der Waals surface area contributed by atoms with Gasteiger partial charge < -0.3 is 14.8 Å². The molecule has 0 amide bonds. The first-order chi connectivity index (χ1) is 23.8. The molecule has 1 aromatic heterocycles. The molecule has 7 nitrogen and oxygen atoms in total. The van der Waals surface area contributed by atoms with E-state index in [0.29, 0.717) is 34.2 Å². The van der Waals surface area contributed by atoms with E-state index in [-0.39, 0.29) is 17.4 Å². The first kappa shape index (κ1) is 33.4. The van der Waals surface area contributed by atoms with Gasteiger partial charge in [0.1, 0.15) is 17.3 Å². The van der Waals surface area contributed by atoms with E-state index in [1.807, 2.05) is 80.1 Å². The van der Waals surface area contributed by atoms with Crippen LogP contribution in [0.3, 0.4) is 0 Å². The summed E-state index contributed by atoms with van der Waals surface area (Å²) >= 11 is 3.59. The van der Waals surface area contributed by atoms with Crippen molar-refractivity contribution in [3.63, 3.8) is 0 Å². The average Bonchev–Trinajstić information content (AvgIpc) is 3.51. The zero-order valence-corrected chi connectivity index (χ0v) is 28.9. The van der Waals surface area contributed by atoms with E-state index in [1.165, 1.54) is 0 Å². The molecule has 6 aromatic rings. The maximum atomic E-state index is 16.9. The Hall–Kier alpha value is -5.46. The minimum atomic E-state index is -1.05. The smallest absolute Gasteiger partial charge is 0.217 e. The molecule has 0 saturated heterocycles. The molecule has 5 aromatic carbocycles. The molecular weight excluding hydrogens is 681 g/mol. The van der Waals surface area contributed by atoms with Crippen LogP contribution in [0.1, 0.15) is 60.5 Å². The lowest BCUT2D eigenvalue weighted by Crippen LogP contribution is -2.41. The molecule has 1 N–H and O–H groups in total. The molecule has 49 heavy (non-hydrogen) atoms. The van der Waals surface area contributed by atoms with Crippen LogP contribution in [0.15, 0.2) is 132 Å². The van der Waals surface area contributed by atoms with Gasteiger partial charge in [-0.25, -0.2) is 14.1 Å². The molecule has 6 rings (SSSR count). The highest BCUT2D eigenvalue weighted by Gasteiger charge is 2.43. The zero-order chi connectivity index (χ0) is 34.4. The Morgan fingerprint density at radius 1 is 0.857 bits per heavy atom. The first-order valence-electron chi connectivity index (χ1n) is 16.0. The fourth-order valence-electron chi connectivity index (χ4n) is 6.12. The maximum Gasteiger partial charge on any atom is 0.217 e. The Labute approximate surface area is 294 Å². The summed E-state index contributed by atoms with van der Waals surface area (Å²) in [6.07, 6.45) is -0.288. The molecule has 0 bridgehead atoms. The average molecular weight is 717 g/mol. The highest BCUT2D eigenvalue weighted by molar-refractivity contribution is 9.10. The second-order valence-electron chi connectivity index (χ2n) is 11.7. The molecule has 246 valence electrons. The van der Waals surface area contributed by atoms with Gasteiger partial charge in [0, 0.05) is 17.3 Å². The SMILES string of the molecule is CCOc1cc(OC(C)C)c(F)c(C(Nc2ccc(C#N)cc2)c2nc(Br)nn2C(c2ccccc2)(c2ccccc2)c2ccccc2)c1. The first-order valence-corrected chi connectivity index (χ1v) is 16.8. The molecule has 0 spiro atoms. The van der Waals surface area contributed by atoms with Crippen molar-refractivity contribution in [1.29, 1.82) is 5.26 Å². The number of hydrogen-bond acceptors (Lipinski definition) is 6. The van der Waals surface area contributed by atoms with Gasteiger partial charge in [-0.15, -0.1) is 5.10 Å². The van der Waals surface area contributed by atoms with Crippen LogP contribution >= 0.6 is 15.9 Å². The van der Waals surface area contributed by atoms with Gasteiger partial charge in [-0.2, -0.15) is 5.26 Å². The van der Waals surface area contributed by atoms with E-state index >= 15 is 4.39 Å². The van der Waals surface area contributed by atoms with Gasteiger partial charge in [-0.1, -0.05) is 91.0 Å². The zero-order valence-electron chi connectivity index (χ0n) is 27.3. The predicted octanol–water partition coefficient (Wildman–Crippen LogP) is 9.28. The van der Waals surface area contributed by atoms with Crippen LogP contribution in [0.2, 0.25) is 0 Å². The van der Waals surface area contributed by atoms with E-state index in [4.69, 9.17) is 19.6 Å². The normalized spacial score (nSPS) is 11.9. The summed E-state index contributed by atoms with van der Waals surface area (Å²) in [5.41, 5.74) is 3.12. The summed E-state index contributed by atoms with van der Waals surface area (Å²) in [5.74, 6) is 0.370. The molecule has 0 aliphatic rings. The molecule has 0 aliphatic heterocycles. The Morgan fingerprint density at radius 2 is 1.41 bits per heavy atom. The van der Waals surface area contributed by atoms with Crippen molar-refractivity contribution in [2.75, 3.05) is 11.9 Å². The summed E-state index contributed by atoms with van der Waals surface area (Å²) in [6, 6.07) is 41.8. The highest BCUT2D eigenvalue weighted by Crippen LogP contribution is 2.44. The fraction of sp³-hybridized carbons (Fsp3) is 0.175. The largest absolute Gasteiger partial charge is 0.494 e. The molecule has 0 saturated carbocycles. The van der Waals surface area contributed by atoms with E-state index in [0.717, 1.165) is 16.7 Å². The highest BCUT2D eigenvalue weighted by atomic mass is 79.9. The van der Waals surface area contributed by atoms with Crippen molar-refractivity contribution >= 4 is 21.6 Å². The molecule has 9 heteroatoms. The molecule has 0 aliphatic carbocycles. The monoisotopic (exact) mass is 715 g/mol. The van der Waals surface area contributed by atoms with Crippen LogP contribution in [-0.4, -0.2) is 27.5 Å². The summed E-state index contributed by atoms with van der Waals surface area (Å²) in [5, 5.41) is 18.0. The number of aromatic nitrogens is 3. The minimum absolute atomic E-state index is 0.0631. The van der Waals surface area contributed by atoms with Gasteiger partial charge in [0.15, 0.2) is 17.4 Å². The van der Waals surface area contributed by atoms with E-state index in [2.05, 4.69) is 63.7 Å². The lowest BCUT2D eigenvalue weighted by atomic mass is 9.77. The lowest BCUT2D eigenvalue weighted by molar-refractivity contribution is 0.228. The summed E-state index contributed by atoms with van der Waals surface area (Å²) in [7, 11) is 0. The number of halogens is 2. The maximum absolute atomic E-state index is 16.9. The number of ether oxygens (including phenoxy) is 2. The van der Waals surface area contributed by atoms with Crippen molar-refractivity contribution in [2.24, 2.45) is 0 Å². The number of nitrogens with one attached hydrogen (secondary N) is 1. The minimum Gasteiger partial charge on any atom is -0.494 e. The Kier molecular flexibility index (Phi) is 10.1. The molecule has 1 unspecified atom stereocenters. The van der Waals surface area contributed by atoms with E-state index < -0.39 is 17.4 Å². The van der Waals surface area contributed by atoms with Gasteiger partial charge in [-0.3, -0.25) is 0 Å². The predicted molar refractivity (Wildman–Crippen MR) is 192 cm³/mol. The molecule has 1 heterocycles. The number of nitriles is 1. The number of rotatable bonds is 12. The third kappa shape index (κ3) is 6.78. The topological polar surface area (TPSA) is 85.0 Å². The van der Waals surface area contributed by atoms with Crippen LogP contribution in [-0.2, 0) is 5.54 Å². The standard InChI is InChI=1S/C40H35BrFN5O2/c1-4-48-33-24-34(36(42)35(25-33)49-27(2)3)37(44-32-22-20-28(26-43)21-23-32)38-45-39(41)46-47(38)40(29-14-8-5-9-15-29,30-16-10-6-11-17-30)31-18-12-7-13-19-31/h5-25,27,37,44H,4H2,1-3H3. The quantitative estimate of drug-likeness (QED) is 0.127. The lowest BCUT2D eigenvalue weighted by Gasteiger charge is -2.38. The summed E-state index contributed by atoms with van der Waals surface area (Å²) in [6.45, 7) is 5.95. The number of anilines is 1. The molecule has 1 atom stereocenters. The van der Waals surface area contributed by atoms with E-state index in [1.54, 1.807) is 36.4 Å². The Bertz CT molecular complexity index is 1950. The van der Waals surface area contributed by atoms with Gasteiger partial charge in [-0.05, 0) is 83.7 Å². The van der Waals surface area contributed by atoms with Gasteiger partial charge in [0.2, 0.25) is 4.73 Å². The van der Waals surface area contributed by atoms with Crippen LogP contribution in [0, 0.1) is 17.1 Å². The number of benzene rings is 5. The summed E-state index contributed by atoms with van der Waals surface area (Å²) < 4.78 is 31.0. The van der Waals surface area contributed by atoms with Gasteiger partial charge in [0.25, 0.3) is 0 Å². The second-order valence-corrected chi connectivity index (χ2v) is 12.4. The number of hydrogen-bond donors (Lipinski definition) is 1. The van der Waals surface area contributed by atoms with Crippen LogP contribution in [0.4, 0.5) is 10.1 Å². The third-order valence-electron chi connectivity index (χ3n) is 8.11. The van der Waals surface area contributed by atoms with Crippen LogP contribution < -0.4 is 14.8 Å². The second kappa shape index (κ2) is 14.8.